The van der Waals surface area contributed by atoms with Gasteiger partial charge in [-0.3, -0.25) is 0 Å². The van der Waals surface area contributed by atoms with Crippen molar-refractivity contribution in [2.24, 2.45) is 0 Å². The highest BCUT2D eigenvalue weighted by atomic mass is 79.9. The summed E-state index contributed by atoms with van der Waals surface area (Å²) in [6.07, 6.45) is -4.42. The Hall–Kier alpha value is -1.27. The average molecular weight is 334 g/mol. The van der Waals surface area contributed by atoms with E-state index >= 15 is 0 Å². The van der Waals surface area contributed by atoms with Crippen LogP contribution >= 0.6 is 15.9 Å². The molecule has 19 heavy (non-hydrogen) atoms. The van der Waals surface area contributed by atoms with Crippen LogP contribution in [0.5, 0.6) is 0 Å². The molecule has 2 aromatic rings. The number of alkyl halides is 3. The lowest BCUT2D eigenvalue weighted by Crippen LogP contribution is -2.07. The number of benzene rings is 1. The van der Waals surface area contributed by atoms with E-state index in [1.165, 1.54) is 6.07 Å². The summed E-state index contributed by atoms with van der Waals surface area (Å²) in [5.74, 6) is 0.804. The molecular weight excluding hydrogens is 323 g/mol. The number of furan rings is 1. The first-order valence-corrected chi connectivity index (χ1v) is 6.31. The van der Waals surface area contributed by atoms with E-state index in [1.807, 2.05) is 0 Å². The zero-order valence-electron chi connectivity index (χ0n) is 10.0. The first kappa shape index (κ1) is 14.1. The molecule has 0 saturated carbocycles. The van der Waals surface area contributed by atoms with E-state index in [0.29, 0.717) is 16.8 Å². The summed E-state index contributed by atoms with van der Waals surface area (Å²) in [5, 5.41) is 2.88. The predicted octanol–water partition coefficient (Wildman–Crippen LogP) is 4.45. The van der Waals surface area contributed by atoms with Crippen LogP contribution in [0.4, 0.5) is 13.2 Å². The fraction of sp³-hybridized carbons (Fsp3) is 0.231. The second-order valence-electron chi connectivity index (χ2n) is 3.98. The molecule has 0 aliphatic heterocycles. The van der Waals surface area contributed by atoms with Crippen LogP contribution in [0, 0.1) is 0 Å². The monoisotopic (exact) mass is 333 g/mol. The molecule has 0 bridgehead atoms. The topological polar surface area (TPSA) is 25.2 Å². The zero-order valence-corrected chi connectivity index (χ0v) is 11.6. The fourth-order valence-corrected chi connectivity index (χ4v) is 2.12. The summed E-state index contributed by atoms with van der Waals surface area (Å²) in [6, 6.07) is 7.22. The van der Waals surface area contributed by atoms with Gasteiger partial charge in [0.05, 0.1) is 12.1 Å². The van der Waals surface area contributed by atoms with Crippen LogP contribution in [0.25, 0.3) is 11.3 Å². The molecule has 1 aromatic heterocycles. The second kappa shape index (κ2) is 5.38. The molecule has 0 saturated heterocycles. The Morgan fingerprint density at radius 3 is 2.58 bits per heavy atom. The molecule has 0 aliphatic rings. The Kier molecular flexibility index (Phi) is 4.01. The van der Waals surface area contributed by atoms with Gasteiger partial charge in [0, 0.05) is 10.0 Å². The highest BCUT2D eigenvalue weighted by molar-refractivity contribution is 9.10. The van der Waals surface area contributed by atoms with Crippen molar-refractivity contribution in [3.05, 3.63) is 46.1 Å². The van der Waals surface area contributed by atoms with Gasteiger partial charge in [0.1, 0.15) is 11.5 Å². The molecule has 0 amide bonds. The summed E-state index contributed by atoms with van der Waals surface area (Å²) in [7, 11) is 1.74. The van der Waals surface area contributed by atoms with Crippen LogP contribution < -0.4 is 5.32 Å². The lowest BCUT2D eigenvalue weighted by Gasteiger charge is -2.11. The summed E-state index contributed by atoms with van der Waals surface area (Å²) in [5.41, 5.74) is -0.676. The molecule has 0 radical (unpaired) electrons. The summed E-state index contributed by atoms with van der Waals surface area (Å²) in [6.45, 7) is 0.470. The van der Waals surface area contributed by atoms with Crippen molar-refractivity contribution in [3.8, 4) is 11.3 Å². The van der Waals surface area contributed by atoms with Gasteiger partial charge in [-0.05, 0) is 37.4 Å². The van der Waals surface area contributed by atoms with Crippen LogP contribution in [-0.2, 0) is 12.7 Å². The summed E-state index contributed by atoms with van der Waals surface area (Å²) in [4.78, 5) is 0. The van der Waals surface area contributed by atoms with Crippen molar-refractivity contribution in [3.63, 3.8) is 0 Å². The highest BCUT2D eigenvalue weighted by Gasteiger charge is 2.34. The van der Waals surface area contributed by atoms with Crippen molar-refractivity contribution >= 4 is 15.9 Å². The summed E-state index contributed by atoms with van der Waals surface area (Å²) >= 11 is 3.05. The second-order valence-corrected chi connectivity index (χ2v) is 4.90. The van der Waals surface area contributed by atoms with Gasteiger partial charge in [-0.15, -0.1) is 0 Å². The van der Waals surface area contributed by atoms with Gasteiger partial charge in [-0.25, -0.2) is 0 Å². The molecule has 2 rings (SSSR count). The van der Waals surface area contributed by atoms with Gasteiger partial charge in [0.25, 0.3) is 0 Å². The number of hydrogen-bond donors (Lipinski definition) is 1. The molecular formula is C13H11BrF3NO. The maximum absolute atomic E-state index is 13.0. The molecule has 0 fully saturated rings. The molecule has 6 heteroatoms. The number of hydrogen-bond acceptors (Lipinski definition) is 2. The SMILES string of the molecule is CNCc1ccc(-c2ccc(Br)cc2C(F)(F)F)o1. The Bertz CT molecular complexity index is 578. The van der Waals surface area contributed by atoms with Gasteiger partial charge < -0.3 is 9.73 Å². The van der Waals surface area contributed by atoms with E-state index in [2.05, 4.69) is 21.2 Å². The van der Waals surface area contributed by atoms with Gasteiger partial charge >= 0.3 is 6.18 Å². The third-order valence-electron chi connectivity index (χ3n) is 2.57. The van der Waals surface area contributed by atoms with Crippen LogP contribution in [-0.4, -0.2) is 7.05 Å². The molecule has 0 atom stereocenters. The van der Waals surface area contributed by atoms with Crippen molar-refractivity contribution in [2.75, 3.05) is 7.05 Å². The molecule has 1 heterocycles. The van der Waals surface area contributed by atoms with E-state index < -0.39 is 11.7 Å². The standard InChI is InChI=1S/C13H11BrF3NO/c1-18-7-9-3-5-12(19-9)10-4-2-8(14)6-11(10)13(15,16)17/h2-6,18H,7H2,1H3. The van der Waals surface area contributed by atoms with Crippen LogP contribution in [0.1, 0.15) is 11.3 Å². The lowest BCUT2D eigenvalue weighted by molar-refractivity contribution is -0.137. The van der Waals surface area contributed by atoms with Crippen molar-refractivity contribution in [1.82, 2.24) is 5.32 Å². The molecule has 0 spiro atoms. The van der Waals surface area contributed by atoms with Gasteiger partial charge in [0.2, 0.25) is 0 Å². The Balaban J connectivity index is 2.48. The quantitative estimate of drug-likeness (QED) is 0.897. The van der Waals surface area contributed by atoms with Gasteiger partial charge in [-0.1, -0.05) is 15.9 Å². The lowest BCUT2D eigenvalue weighted by atomic mass is 10.1. The highest BCUT2D eigenvalue weighted by Crippen LogP contribution is 2.39. The van der Waals surface area contributed by atoms with Crippen molar-refractivity contribution in [2.45, 2.75) is 12.7 Å². The Morgan fingerprint density at radius 1 is 1.21 bits per heavy atom. The van der Waals surface area contributed by atoms with E-state index in [-0.39, 0.29) is 11.3 Å². The van der Waals surface area contributed by atoms with E-state index in [9.17, 15) is 13.2 Å². The minimum Gasteiger partial charge on any atom is -0.460 e. The fourth-order valence-electron chi connectivity index (χ4n) is 1.76. The number of rotatable bonds is 3. The van der Waals surface area contributed by atoms with E-state index in [1.54, 1.807) is 25.2 Å². The summed E-state index contributed by atoms with van der Waals surface area (Å²) < 4.78 is 44.8. The van der Waals surface area contributed by atoms with Crippen LogP contribution in [0.2, 0.25) is 0 Å². The first-order chi connectivity index (χ1) is 8.91. The normalized spacial score (nSPS) is 11.8. The van der Waals surface area contributed by atoms with Gasteiger partial charge in [-0.2, -0.15) is 13.2 Å². The van der Waals surface area contributed by atoms with E-state index in [4.69, 9.17) is 4.42 Å². The van der Waals surface area contributed by atoms with Gasteiger partial charge in [0.15, 0.2) is 0 Å². The Labute approximate surface area is 116 Å². The molecule has 0 unspecified atom stereocenters. The largest absolute Gasteiger partial charge is 0.460 e. The third kappa shape index (κ3) is 3.19. The zero-order chi connectivity index (χ0) is 14.0. The average Bonchev–Trinajstić information content (AvgIpc) is 2.77. The molecule has 1 N–H and O–H groups in total. The number of nitrogens with one attached hydrogen (secondary N) is 1. The number of halogens is 4. The van der Waals surface area contributed by atoms with Crippen molar-refractivity contribution in [1.29, 1.82) is 0 Å². The molecule has 102 valence electrons. The maximum Gasteiger partial charge on any atom is 0.417 e. The smallest absolute Gasteiger partial charge is 0.417 e. The maximum atomic E-state index is 13.0. The third-order valence-corrected chi connectivity index (χ3v) is 3.06. The van der Waals surface area contributed by atoms with Crippen LogP contribution in [0.3, 0.4) is 0 Å². The molecule has 0 aliphatic carbocycles. The molecule has 2 nitrogen and oxygen atoms in total. The Morgan fingerprint density at radius 2 is 1.95 bits per heavy atom. The minimum absolute atomic E-state index is 0.0399. The van der Waals surface area contributed by atoms with E-state index in [0.717, 1.165) is 6.07 Å². The van der Waals surface area contributed by atoms with Crippen molar-refractivity contribution < 1.29 is 17.6 Å². The minimum atomic E-state index is -4.42. The predicted molar refractivity (Wildman–Crippen MR) is 69.6 cm³/mol. The van der Waals surface area contributed by atoms with Crippen LogP contribution in [0.15, 0.2) is 39.2 Å². The first-order valence-electron chi connectivity index (χ1n) is 5.52. The molecule has 1 aromatic carbocycles.